The van der Waals surface area contributed by atoms with Gasteiger partial charge in [0.05, 0.1) is 12.2 Å². The largest absolute Gasteiger partial charge is 0.615 e. The van der Waals surface area contributed by atoms with E-state index in [4.69, 9.17) is 9.15 Å². The number of benzene rings is 1. The van der Waals surface area contributed by atoms with Crippen LogP contribution in [0.2, 0.25) is 0 Å². The normalized spacial score (nSPS) is 10.6. The Labute approximate surface area is 117 Å². The van der Waals surface area contributed by atoms with E-state index in [-0.39, 0.29) is 24.0 Å². The fourth-order valence-corrected chi connectivity index (χ4v) is 1.96. The first-order valence-corrected chi connectivity index (χ1v) is 6.57. The third kappa shape index (κ3) is 2.52. The van der Waals surface area contributed by atoms with Crippen molar-refractivity contribution in [3.63, 3.8) is 0 Å². The zero-order valence-corrected chi connectivity index (χ0v) is 11.8. The van der Waals surface area contributed by atoms with Crippen LogP contribution < -0.4 is 4.73 Å². The Hall–Kier alpha value is -2.30. The summed E-state index contributed by atoms with van der Waals surface area (Å²) in [6, 6.07) is 7.47. The molecule has 0 aliphatic rings. The molecule has 106 valence electrons. The number of rotatable bonds is 4. The second kappa shape index (κ2) is 5.77. The summed E-state index contributed by atoms with van der Waals surface area (Å²) >= 11 is 0. The molecule has 2 rings (SSSR count). The average molecular weight is 275 g/mol. The molecule has 5 nitrogen and oxygen atoms in total. The molecule has 0 saturated carbocycles. The minimum atomic E-state index is -0.667. The van der Waals surface area contributed by atoms with Gasteiger partial charge in [0.2, 0.25) is 0 Å². The van der Waals surface area contributed by atoms with Crippen LogP contribution in [-0.4, -0.2) is 12.6 Å². The smallest absolute Gasteiger partial charge is 0.408 e. The number of nitrogens with zero attached hydrogens (tertiary/aromatic N) is 1. The van der Waals surface area contributed by atoms with Crippen LogP contribution in [0.3, 0.4) is 0 Å². The molecular weight excluding hydrogens is 258 g/mol. The van der Waals surface area contributed by atoms with Crippen molar-refractivity contribution < 1.29 is 18.7 Å². The minimum absolute atomic E-state index is 0.0959. The Morgan fingerprint density at radius 2 is 1.95 bits per heavy atom. The molecule has 0 spiro atoms. The molecule has 5 heteroatoms. The van der Waals surface area contributed by atoms with Crippen molar-refractivity contribution in [2.45, 2.75) is 27.2 Å². The van der Waals surface area contributed by atoms with Crippen molar-refractivity contribution in [3.8, 4) is 11.5 Å². The van der Waals surface area contributed by atoms with Gasteiger partial charge in [0.15, 0.2) is 5.76 Å². The summed E-state index contributed by atoms with van der Waals surface area (Å²) in [4.78, 5) is 11.7. The zero-order chi connectivity index (χ0) is 14.7. The molecule has 0 unspecified atom stereocenters. The Kier molecular flexibility index (Phi) is 4.08. The molecule has 0 N–H and O–H groups in total. The highest BCUT2D eigenvalue weighted by atomic mass is 16.5. The van der Waals surface area contributed by atoms with Crippen LogP contribution >= 0.6 is 0 Å². The molecule has 2 aromatic rings. The molecule has 0 amide bonds. The maximum absolute atomic E-state index is 12.2. The molecule has 0 bridgehead atoms. The lowest BCUT2D eigenvalue weighted by Crippen LogP contribution is -2.35. The van der Waals surface area contributed by atoms with Crippen molar-refractivity contribution >= 4 is 5.97 Å². The summed E-state index contributed by atoms with van der Waals surface area (Å²) in [5.74, 6) is -0.304. The van der Waals surface area contributed by atoms with Crippen LogP contribution in [-0.2, 0) is 11.2 Å². The van der Waals surface area contributed by atoms with Crippen molar-refractivity contribution in [2.75, 3.05) is 6.61 Å². The van der Waals surface area contributed by atoms with Gasteiger partial charge in [-0.05, 0) is 31.0 Å². The van der Waals surface area contributed by atoms with Gasteiger partial charge in [-0.3, -0.25) is 0 Å². The highest BCUT2D eigenvalue weighted by molar-refractivity contribution is 5.87. The predicted molar refractivity (Wildman–Crippen MR) is 73.2 cm³/mol. The SMILES string of the molecule is CCOC(=O)c1c(C)oc(-c2ccc(CC)cc2)[n+]1[O-]. The number of aromatic nitrogens is 1. The summed E-state index contributed by atoms with van der Waals surface area (Å²) in [6.45, 7) is 5.53. The van der Waals surface area contributed by atoms with Gasteiger partial charge in [0.25, 0.3) is 0 Å². The molecule has 0 radical (unpaired) electrons. The molecule has 0 saturated heterocycles. The topological polar surface area (TPSA) is 66.4 Å². The lowest BCUT2D eigenvalue weighted by atomic mass is 10.1. The van der Waals surface area contributed by atoms with Crippen molar-refractivity contribution in [2.24, 2.45) is 0 Å². The van der Waals surface area contributed by atoms with E-state index >= 15 is 0 Å². The van der Waals surface area contributed by atoms with E-state index < -0.39 is 5.97 Å². The zero-order valence-electron chi connectivity index (χ0n) is 11.8. The fourth-order valence-electron chi connectivity index (χ4n) is 1.96. The summed E-state index contributed by atoms with van der Waals surface area (Å²) in [5.41, 5.74) is 1.71. The van der Waals surface area contributed by atoms with Gasteiger partial charge in [-0.15, -0.1) is 4.73 Å². The highest BCUT2D eigenvalue weighted by Gasteiger charge is 2.30. The third-order valence-electron chi connectivity index (χ3n) is 3.05. The summed E-state index contributed by atoms with van der Waals surface area (Å²) < 4.78 is 10.8. The molecule has 1 aromatic carbocycles. The van der Waals surface area contributed by atoms with E-state index in [9.17, 15) is 10.0 Å². The third-order valence-corrected chi connectivity index (χ3v) is 3.05. The van der Waals surface area contributed by atoms with Gasteiger partial charge in [-0.2, -0.15) is 0 Å². The Morgan fingerprint density at radius 1 is 1.30 bits per heavy atom. The predicted octanol–water partition coefficient (Wildman–Crippen LogP) is 2.63. The minimum Gasteiger partial charge on any atom is -0.615 e. The van der Waals surface area contributed by atoms with Crippen molar-refractivity contribution in [1.82, 2.24) is 0 Å². The van der Waals surface area contributed by atoms with Crippen LogP contribution in [0.1, 0.15) is 35.7 Å². The van der Waals surface area contributed by atoms with E-state index in [2.05, 4.69) is 6.92 Å². The lowest BCUT2D eigenvalue weighted by Gasteiger charge is -2.01. The van der Waals surface area contributed by atoms with E-state index in [1.54, 1.807) is 26.0 Å². The first kappa shape index (κ1) is 14.1. The van der Waals surface area contributed by atoms with Gasteiger partial charge >= 0.3 is 17.6 Å². The molecule has 1 aromatic heterocycles. The highest BCUT2D eigenvalue weighted by Crippen LogP contribution is 2.21. The molecule has 0 atom stereocenters. The Balaban J connectivity index is 2.42. The number of hydrogen-bond donors (Lipinski definition) is 0. The van der Waals surface area contributed by atoms with Gasteiger partial charge in [-0.1, -0.05) is 19.1 Å². The monoisotopic (exact) mass is 275 g/mol. The van der Waals surface area contributed by atoms with Gasteiger partial charge in [0.1, 0.15) is 0 Å². The first-order valence-electron chi connectivity index (χ1n) is 6.57. The Morgan fingerprint density at radius 3 is 2.50 bits per heavy atom. The van der Waals surface area contributed by atoms with Crippen LogP contribution in [0.4, 0.5) is 0 Å². The first-order chi connectivity index (χ1) is 9.58. The number of esters is 1. The fraction of sp³-hybridized carbons (Fsp3) is 0.333. The van der Waals surface area contributed by atoms with Crippen molar-refractivity contribution in [1.29, 1.82) is 0 Å². The quantitative estimate of drug-likeness (QED) is 0.488. The molecule has 1 heterocycles. The second-order valence-electron chi connectivity index (χ2n) is 4.38. The summed E-state index contributed by atoms with van der Waals surface area (Å²) in [5, 5.41) is 12.2. The van der Waals surface area contributed by atoms with Gasteiger partial charge in [-0.25, -0.2) is 4.79 Å². The number of ether oxygens (including phenoxy) is 1. The lowest BCUT2D eigenvalue weighted by molar-refractivity contribution is -0.599. The van der Waals surface area contributed by atoms with Gasteiger partial charge in [0, 0.05) is 6.92 Å². The number of aryl methyl sites for hydroxylation is 2. The van der Waals surface area contributed by atoms with Crippen LogP contribution in [0.15, 0.2) is 28.7 Å². The molecule has 0 aliphatic heterocycles. The molecule has 20 heavy (non-hydrogen) atoms. The molecular formula is C15H17NO4. The second-order valence-corrected chi connectivity index (χ2v) is 4.38. The number of hydrogen-bond acceptors (Lipinski definition) is 4. The summed E-state index contributed by atoms with van der Waals surface area (Å²) in [6.07, 6.45) is 0.920. The van der Waals surface area contributed by atoms with Crippen LogP contribution in [0.25, 0.3) is 11.5 Å². The Bertz CT molecular complexity index is 614. The van der Waals surface area contributed by atoms with Crippen molar-refractivity contribution in [3.05, 3.63) is 46.5 Å². The van der Waals surface area contributed by atoms with E-state index in [0.717, 1.165) is 6.42 Å². The number of carbonyl (C=O) groups is 1. The number of oxazole rings is 1. The summed E-state index contributed by atoms with van der Waals surface area (Å²) in [7, 11) is 0. The van der Waals surface area contributed by atoms with Crippen LogP contribution in [0.5, 0.6) is 0 Å². The van der Waals surface area contributed by atoms with Gasteiger partial charge < -0.3 is 14.4 Å². The maximum atomic E-state index is 12.2. The van der Waals surface area contributed by atoms with E-state index in [1.165, 1.54) is 5.56 Å². The average Bonchev–Trinajstić information content (AvgIpc) is 2.74. The maximum Gasteiger partial charge on any atom is 0.408 e. The van der Waals surface area contributed by atoms with E-state index in [0.29, 0.717) is 10.3 Å². The van der Waals surface area contributed by atoms with E-state index in [1.807, 2.05) is 12.1 Å². The van der Waals surface area contributed by atoms with Crippen LogP contribution in [0, 0.1) is 12.1 Å². The molecule has 0 fully saturated rings. The number of carbonyl (C=O) groups excluding carboxylic acids is 1. The standard InChI is InChI=1S/C15H17NO4/c1-4-11-6-8-12(9-7-11)14-16(18)13(10(3)20-14)15(17)19-5-2/h6-9H,4-5H2,1-3H3. The molecule has 0 aliphatic carbocycles.